The van der Waals surface area contributed by atoms with E-state index in [-0.39, 0.29) is 0 Å². The van der Waals surface area contributed by atoms with Crippen molar-refractivity contribution in [1.29, 1.82) is 0 Å². The molecule has 4 heteroatoms. The first kappa shape index (κ1) is 12.3. The number of unbranched alkanes of at least 4 members (excludes halogenated alkanes) is 3. The van der Waals surface area contributed by atoms with Crippen LogP contribution in [0.25, 0.3) is 0 Å². The topological polar surface area (TPSA) is 50.9 Å². The molecule has 0 radical (unpaired) electrons. The molecule has 1 heterocycles. The second-order valence-corrected chi connectivity index (χ2v) is 5.02. The fraction of sp³-hybridized carbons (Fsp3) is 0.727. The summed E-state index contributed by atoms with van der Waals surface area (Å²) in [6.07, 6.45) is 8.18. The van der Waals surface area contributed by atoms with E-state index in [1.54, 1.807) is 6.20 Å². The zero-order chi connectivity index (χ0) is 11.1. The molecule has 0 saturated carbocycles. The van der Waals surface area contributed by atoms with Crippen LogP contribution in [0.3, 0.4) is 0 Å². The Hall–Kier alpha value is -0.770. The third kappa shape index (κ3) is 5.02. The Morgan fingerprint density at radius 3 is 2.87 bits per heavy atom. The minimum atomic E-state index is 0.493. The maximum absolute atomic E-state index is 5.61. The zero-order valence-corrected chi connectivity index (χ0v) is 10.4. The highest BCUT2D eigenvalue weighted by Gasteiger charge is 2.04. The molecular formula is C11H21N3S. The number of hydrogen-bond donors (Lipinski definition) is 2. The Morgan fingerprint density at radius 1 is 1.47 bits per heavy atom. The van der Waals surface area contributed by atoms with Gasteiger partial charge >= 0.3 is 0 Å². The average Bonchev–Trinajstić information content (AvgIpc) is 2.59. The monoisotopic (exact) mass is 227 g/mol. The number of nitrogens with zero attached hydrogens (tertiary/aromatic N) is 1. The minimum absolute atomic E-state index is 0.493. The summed E-state index contributed by atoms with van der Waals surface area (Å²) < 4.78 is 0. The van der Waals surface area contributed by atoms with E-state index in [9.17, 15) is 0 Å². The highest BCUT2D eigenvalue weighted by atomic mass is 32.1. The molecule has 0 aliphatic carbocycles. The van der Waals surface area contributed by atoms with Crippen LogP contribution in [0.4, 0.5) is 10.1 Å². The maximum Gasteiger partial charge on any atom is 0.184 e. The summed E-state index contributed by atoms with van der Waals surface area (Å²) in [5.41, 5.74) is 5.61. The molecule has 0 aliphatic heterocycles. The van der Waals surface area contributed by atoms with Gasteiger partial charge in [0.2, 0.25) is 0 Å². The quantitative estimate of drug-likeness (QED) is 0.701. The van der Waals surface area contributed by atoms with E-state index in [1.165, 1.54) is 43.4 Å². The van der Waals surface area contributed by atoms with Crippen LogP contribution >= 0.6 is 11.3 Å². The van der Waals surface area contributed by atoms with Gasteiger partial charge in [0.05, 0.1) is 6.20 Å². The lowest BCUT2D eigenvalue weighted by atomic mass is 10.1. The summed E-state index contributed by atoms with van der Waals surface area (Å²) in [4.78, 5) is 4.18. The first-order valence-corrected chi connectivity index (χ1v) is 6.52. The number of thiazole rings is 1. The first-order chi connectivity index (χ1) is 7.22. The van der Waals surface area contributed by atoms with Gasteiger partial charge < -0.3 is 11.1 Å². The lowest BCUT2D eigenvalue weighted by Gasteiger charge is -2.12. The molecule has 1 aromatic heterocycles. The van der Waals surface area contributed by atoms with E-state index < -0.39 is 0 Å². The number of hydrogen-bond acceptors (Lipinski definition) is 4. The summed E-state index contributed by atoms with van der Waals surface area (Å²) >= 11 is 1.52. The Morgan fingerprint density at radius 2 is 2.27 bits per heavy atom. The van der Waals surface area contributed by atoms with E-state index in [2.05, 4.69) is 24.1 Å². The van der Waals surface area contributed by atoms with Crippen LogP contribution in [0.5, 0.6) is 0 Å². The molecule has 1 rings (SSSR count). The molecule has 0 bridgehead atoms. The van der Waals surface area contributed by atoms with E-state index in [1.807, 2.05) is 0 Å². The number of aromatic nitrogens is 1. The van der Waals surface area contributed by atoms with Crippen molar-refractivity contribution in [2.24, 2.45) is 0 Å². The number of nitrogens with one attached hydrogen (secondary N) is 1. The second-order valence-electron chi connectivity index (χ2n) is 3.96. The van der Waals surface area contributed by atoms with Crippen LogP contribution in [0.2, 0.25) is 0 Å². The van der Waals surface area contributed by atoms with Gasteiger partial charge in [-0.1, -0.05) is 43.9 Å². The van der Waals surface area contributed by atoms with Crippen molar-refractivity contribution in [3.05, 3.63) is 6.20 Å². The zero-order valence-electron chi connectivity index (χ0n) is 9.62. The SMILES string of the molecule is CCCCCCC(C)Nc1ncc(N)s1. The molecule has 0 fully saturated rings. The molecule has 3 nitrogen and oxygen atoms in total. The summed E-state index contributed by atoms with van der Waals surface area (Å²) in [5.74, 6) is 0. The van der Waals surface area contributed by atoms with Gasteiger partial charge in [0.25, 0.3) is 0 Å². The van der Waals surface area contributed by atoms with Crippen molar-refractivity contribution >= 4 is 21.5 Å². The van der Waals surface area contributed by atoms with Crippen molar-refractivity contribution in [3.63, 3.8) is 0 Å². The number of anilines is 2. The molecular weight excluding hydrogens is 206 g/mol. The highest BCUT2D eigenvalue weighted by Crippen LogP contribution is 2.21. The summed E-state index contributed by atoms with van der Waals surface area (Å²) in [6.45, 7) is 4.43. The predicted molar refractivity (Wildman–Crippen MR) is 68.4 cm³/mol. The molecule has 86 valence electrons. The molecule has 0 aliphatic rings. The molecule has 0 saturated heterocycles. The van der Waals surface area contributed by atoms with Gasteiger partial charge in [-0.3, -0.25) is 0 Å². The summed E-state index contributed by atoms with van der Waals surface area (Å²) in [5, 5.41) is 5.08. The normalized spacial score (nSPS) is 12.7. The van der Waals surface area contributed by atoms with Crippen molar-refractivity contribution in [2.45, 2.75) is 52.0 Å². The summed E-state index contributed by atoms with van der Waals surface area (Å²) in [6, 6.07) is 0.493. The molecule has 0 amide bonds. The van der Waals surface area contributed by atoms with Crippen LogP contribution < -0.4 is 11.1 Å². The van der Waals surface area contributed by atoms with E-state index in [0.29, 0.717) is 6.04 Å². The molecule has 1 unspecified atom stereocenters. The largest absolute Gasteiger partial charge is 0.389 e. The standard InChI is InChI=1S/C11H21N3S/c1-3-4-5-6-7-9(2)14-11-13-8-10(12)15-11/h8-9H,3-7,12H2,1-2H3,(H,13,14). The van der Waals surface area contributed by atoms with Crippen LogP contribution in [0.1, 0.15) is 46.0 Å². The van der Waals surface area contributed by atoms with Gasteiger partial charge in [0.15, 0.2) is 5.13 Å². The number of nitrogen functional groups attached to an aromatic ring is 1. The maximum atomic E-state index is 5.61. The van der Waals surface area contributed by atoms with Crippen molar-refractivity contribution < 1.29 is 0 Å². The molecule has 1 aromatic rings. The molecule has 15 heavy (non-hydrogen) atoms. The molecule has 3 N–H and O–H groups in total. The lowest BCUT2D eigenvalue weighted by molar-refractivity contribution is 0.594. The van der Waals surface area contributed by atoms with Gasteiger partial charge in [-0.05, 0) is 13.3 Å². The van der Waals surface area contributed by atoms with Crippen LogP contribution in [0.15, 0.2) is 6.20 Å². The van der Waals surface area contributed by atoms with E-state index in [4.69, 9.17) is 5.73 Å². The van der Waals surface area contributed by atoms with Crippen molar-refractivity contribution in [1.82, 2.24) is 4.98 Å². The minimum Gasteiger partial charge on any atom is -0.389 e. The van der Waals surface area contributed by atoms with Gasteiger partial charge in [-0.25, -0.2) is 4.98 Å². The van der Waals surface area contributed by atoms with E-state index in [0.717, 1.165) is 10.1 Å². The van der Waals surface area contributed by atoms with Gasteiger partial charge in [0.1, 0.15) is 5.00 Å². The van der Waals surface area contributed by atoms with Crippen molar-refractivity contribution in [3.8, 4) is 0 Å². The Labute approximate surface area is 96.1 Å². The average molecular weight is 227 g/mol. The van der Waals surface area contributed by atoms with Crippen molar-refractivity contribution in [2.75, 3.05) is 11.1 Å². The molecule has 0 spiro atoms. The summed E-state index contributed by atoms with van der Waals surface area (Å²) in [7, 11) is 0. The van der Waals surface area contributed by atoms with Gasteiger partial charge in [-0.2, -0.15) is 0 Å². The smallest absolute Gasteiger partial charge is 0.184 e. The Bertz CT molecular complexity index is 273. The molecule has 0 aromatic carbocycles. The van der Waals surface area contributed by atoms with E-state index >= 15 is 0 Å². The van der Waals surface area contributed by atoms with Crippen LogP contribution in [0, 0.1) is 0 Å². The lowest BCUT2D eigenvalue weighted by Crippen LogP contribution is -2.14. The highest BCUT2D eigenvalue weighted by molar-refractivity contribution is 7.19. The predicted octanol–water partition coefficient (Wildman–Crippen LogP) is 3.50. The van der Waals surface area contributed by atoms with Crippen LogP contribution in [-0.2, 0) is 0 Å². The Kier molecular flexibility index (Phi) is 5.47. The van der Waals surface area contributed by atoms with Gasteiger partial charge in [0, 0.05) is 6.04 Å². The fourth-order valence-corrected chi connectivity index (χ4v) is 2.21. The third-order valence-corrected chi connectivity index (χ3v) is 3.14. The second kappa shape index (κ2) is 6.67. The number of nitrogens with two attached hydrogens (primary N) is 1. The third-order valence-electron chi connectivity index (χ3n) is 2.38. The number of rotatable bonds is 7. The molecule has 1 atom stereocenters. The van der Waals surface area contributed by atoms with Crippen LogP contribution in [-0.4, -0.2) is 11.0 Å². The Balaban J connectivity index is 2.15. The first-order valence-electron chi connectivity index (χ1n) is 5.70. The fourth-order valence-electron chi connectivity index (χ4n) is 1.51. The van der Waals surface area contributed by atoms with Gasteiger partial charge in [-0.15, -0.1) is 0 Å².